The summed E-state index contributed by atoms with van der Waals surface area (Å²) in [6.45, 7) is -0.339. The lowest BCUT2D eigenvalue weighted by molar-refractivity contribution is -0.120. The van der Waals surface area contributed by atoms with Crippen molar-refractivity contribution in [2.45, 2.75) is 36.6 Å². The maximum absolute atomic E-state index is 13.6. The molecule has 0 aliphatic heterocycles. The van der Waals surface area contributed by atoms with Crippen LogP contribution in [0.1, 0.15) is 25.7 Å². The van der Waals surface area contributed by atoms with Gasteiger partial charge in [0.05, 0.1) is 24.8 Å². The first-order chi connectivity index (χ1) is 14.9. The molecular formula is C23H28N2O5S. The third-order valence-electron chi connectivity index (χ3n) is 6.36. The summed E-state index contributed by atoms with van der Waals surface area (Å²) in [5.74, 6) is 1.67. The third kappa shape index (κ3) is 4.35. The molecule has 0 heterocycles. The quantitative estimate of drug-likeness (QED) is 0.676. The summed E-state index contributed by atoms with van der Waals surface area (Å²) in [4.78, 5) is 13.1. The molecule has 1 amide bonds. The zero-order valence-electron chi connectivity index (χ0n) is 17.8. The van der Waals surface area contributed by atoms with Crippen LogP contribution in [0.2, 0.25) is 0 Å². The fourth-order valence-electron chi connectivity index (χ4n) is 4.82. The minimum Gasteiger partial charge on any atom is -0.497 e. The number of fused-ring (bicyclic) bond motifs is 2. The Labute approximate surface area is 183 Å². The van der Waals surface area contributed by atoms with Gasteiger partial charge in [0.15, 0.2) is 0 Å². The second kappa shape index (κ2) is 8.78. The fraction of sp³-hybridized carbons (Fsp3) is 0.435. The van der Waals surface area contributed by atoms with Crippen molar-refractivity contribution in [2.75, 3.05) is 25.1 Å². The predicted molar refractivity (Wildman–Crippen MR) is 118 cm³/mol. The van der Waals surface area contributed by atoms with E-state index in [0.29, 0.717) is 23.3 Å². The van der Waals surface area contributed by atoms with Crippen LogP contribution in [0.4, 0.5) is 5.69 Å². The Bertz CT molecular complexity index is 1040. The molecule has 2 saturated carbocycles. The Morgan fingerprint density at radius 2 is 1.84 bits per heavy atom. The summed E-state index contributed by atoms with van der Waals surface area (Å²) in [6, 6.07) is 13.1. The van der Waals surface area contributed by atoms with E-state index >= 15 is 0 Å². The van der Waals surface area contributed by atoms with Crippen LogP contribution in [0.25, 0.3) is 0 Å². The number of sulfonamides is 1. The number of hydrogen-bond donors (Lipinski definition) is 1. The van der Waals surface area contributed by atoms with E-state index in [0.717, 1.165) is 23.6 Å². The number of benzene rings is 2. The SMILES string of the molecule is COc1ccc(OC)c(N(CC(=O)N[C@H]2C[C@@H]3CC[C@@H]2C3)S(=O)(=O)c2ccccc2)c1. The minimum atomic E-state index is -4.01. The van der Waals surface area contributed by atoms with E-state index in [1.165, 1.54) is 32.8 Å². The second-order valence-electron chi connectivity index (χ2n) is 8.21. The van der Waals surface area contributed by atoms with Crippen LogP contribution in [-0.2, 0) is 14.8 Å². The van der Waals surface area contributed by atoms with Gasteiger partial charge >= 0.3 is 0 Å². The van der Waals surface area contributed by atoms with E-state index in [2.05, 4.69) is 5.32 Å². The van der Waals surface area contributed by atoms with Crippen LogP contribution < -0.4 is 19.1 Å². The number of amides is 1. The number of nitrogens with zero attached hydrogens (tertiary/aromatic N) is 1. The van der Waals surface area contributed by atoms with Crippen LogP contribution in [-0.4, -0.2) is 41.1 Å². The van der Waals surface area contributed by atoms with Gasteiger partial charge in [0.1, 0.15) is 18.0 Å². The van der Waals surface area contributed by atoms with Crippen molar-refractivity contribution in [3.63, 3.8) is 0 Å². The van der Waals surface area contributed by atoms with Gasteiger partial charge in [-0.3, -0.25) is 9.10 Å². The second-order valence-corrected chi connectivity index (χ2v) is 10.1. The van der Waals surface area contributed by atoms with Crippen LogP contribution in [0.15, 0.2) is 53.4 Å². The molecule has 2 aliphatic rings. The van der Waals surface area contributed by atoms with Crippen molar-refractivity contribution in [1.82, 2.24) is 5.32 Å². The molecule has 2 aliphatic carbocycles. The molecular weight excluding hydrogens is 416 g/mol. The molecule has 2 aromatic rings. The minimum absolute atomic E-state index is 0.104. The summed E-state index contributed by atoms with van der Waals surface area (Å²) >= 11 is 0. The maximum atomic E-state index is 13.6. The Hall–Kier alpha value is -2.74. The Kier molecular flexibility index (Phi) is 6.09. The molecule has 31 heavy (non-hydrogen) atoms. The largest absolute Gasteiger partial charge is 0.497 e. The van der Waals surface area contributed by atoms with Gasteiger partial charge in [0, 0.05) is 12.1 Å². The van der Waals surface area contributed by atoms with Gasteiger partial charge in [-0.2, -0.15) is 0 Å². The number of carbonyl (C=O) groups is 1. The van der Waals surface area contributed by atoms with E-state index in [4.69, 9.17) is 9.47 Å². The molecule has 7 nitrogen and oxygen atoms in total. The molecule has 2 bridgehead atoms. The molecule has 0 spiro atoms. The molecule has 1 N–H and O–H groups in total. The summed E-state index contributed by atoms with van der Waals surface area (Å²) in [6.07, 6.45) is 4.49. The van der Waals surface area contributed by atoms with E-state index in [1.54, 1.807) is 36.4 Å². The normalized spacial score (nSPS) is 22.2. The van der Waals surface area contributed by atoms with Gasteiger partial charge in [0.2, 0.25) is 5.91 Å². The van der Waals surface area contributed by atoms with Gasteiger partial charge in [-0.1, -0.05) is 24.6 Å². The highest BCUT2D eigenvalue weighted by Crippen LogP contribution is 2.44. The highest BCUT2D eigenvalue weighted by molar-refractivity contribution is 7.92. The smallest absolute Gasteiger partial charge is 0.264 e. The van der Waals surface area contributed by atoms with Crippen molar-refractivity contribution in [2.24, 2.45) is 11.8 Å². The van der Waals surface area contributed by atoms with Crippen molar-refractivity contribution in [3.8, 4) is 11.5 Å². The van der Waals surface area contributed by atoms with E-state index in [-0.39, 0.29) is 29.1 Å². The highest BCUT2D eigenvalue weighted by atomic mass is 32.2. The molecule has 166 valence electrons. The molecule has 3 atom stereocenters. The van der Waals surface area contributed by atoms with Crippen LogP contribution in [0, 0.1) is 11.8 Å². The van der Waals surface area contributed by atoms with Crippen LogP contribution >= 0.6 is 0 Å². The summed E-state index contributed by atoms with van der Waals surface area (Å²) in [5.41, 5.74) is 0.258. The van der Waals surface area contributed by atoms with Crippen molar-refractivity contribution < 1.29 is 22.7 Å². The zero-order chi connectivity index (χ0) is 22.0. The van der Waals surface area contributed by atoms with Gasteiger partial charge in [0.25, 0.3) is 10.0 Å². The fourth-order valence-corrected chi connectivity index (χ4v) is 6.26. The van der Waals surface area contributed by atoms with Crippen molar-refractivity contribution in [1.29, 1.82) is 0 Å². The van der Waals surface area contributed by atoms with Gasteiger partial charge in [-0.05, 0) is 55.4 Å². The number of rotatable bonds is 8. The first-order valence-corrected chi connectivity index (χ1v) is 12.0. The standard InChI is InChI=1S/C23H28N2O5S/c1-29-18-10-11-22(30-2)21(14-18)25(31(27,28)19-6-4-3-5-7-19)15-23(26)24-20-13-16-8-9-17(20)12-16/h3-7,10-11,14,16-17,20H,8-9,12-13,15H2,1-2H3,(H,24,26)/t16-,17-,20+/m1/s1. The Morgan fingerprint density at radius 1 is 1.06 bits per heavy atom. The molecule has 8 heteroatoms. The highest BCUT2D eigenvalue weighted by Gasteiger charge is 2.40. The van der Waals surface area contributed by atoms with E-state index in [1.807, 2.05) is 0 Å². The molecule has 0 unspecified atom stereocenters. The van der Waals surface area contributed by atoms with Crippen LogP contribution in [0.3, 0.4) is 0 Å². The Balaban J connectivity index is 1.67. The number of carbonyl (C=O) groups excluding carboxylic acids is 1. The number of hydrogen-bond acceptors (Lipinski definition) is 5. The summed E-state index contributed by atoms with van der Waals surface area (Å²) in [5, 5.41) is 3.08. The maximum Gasteiger partial charge on any atom is 0.264 e. The molecule has 4 rings (SSSR count). The number of nitrogens with one attached hydrogen (secondary N) is 1. The number of ether oxygens (including phenoxy) is 2. The predicted octanol–water partition coefficient (Wildman–Crippen LogP) is 3.20. The molecule has 0 aromatic heterocycles. The van der Waals surface area contributed by atoms with Crippen molar-refractivity contribution >= 4 is 21.6 Å². The summed E-state index contributed by atoms with van der Waals surface area (Å²) < 4.78 is 38.9. The van der Waals surface area contributed by atoms with Crippen molar-refractivity contribution in [3.05, 3.63) is 48.5 Å². The molecule has 0 saturated heterocycles. The first-order valence-electron chi connectivity index (χ1n) is 10.5. The third-order valence-corrected chi connectivity index (χ3v) is 8.13. The molecule has 2 fully saturated rings. The zero-order valence-corrected chi connectivity index (χ0v) is 18.6. The van der Waals surface area contributed by atoms with Gasteiger partial charge in [-0.15, -0.1) is 0 Å². The van der Waals surface area contributed by atoms with Gasteiger partial charge < -0.3 is 14.8 Å². The average Bonchev–Trinajstić information content (AvgIpc) is 3.41. The molecule has 2 aromatic carbocycles. The summed E-state index contributed by atoms with van der Waals surface area (Å²) in [7, 11) is -1.04. The number of anilines is 1. The lowest BCUT2D eigenvalue weighted by Gasteiger charge is -2.28. The molecule has 0 radical (unpaired) electrons. The first kappa shape index (κ1) is 21.5. The van der Waals surface area contributed by atoms with E-state index < -0.39 is 10.0 Å². The lowest BCUT2D eigenvalue weighted by atomic mass is 9.95. The Morgan fingerprint density at radius 3 is 2.45 bits per heavy atom. The topological polar surface area (TPSA) is 84.9 Å². The van der Waals surface area contributed by atoms with Gasteiger partial charge in [-0.25, -0.2) is 8.42 Å². The average molecular weight is 445 g/mol. The monoisotopic (exact) mass is 444 g/mol. The number of methoxy groups -OCH3 is 2. The lowest BCUT2D eigenvalue weighted by Crippen LogP contribution is -2.46. The van der Waals surface area contributed by atoms with E-state index in [9.17, 15) is 13.2 Å². The van der Waals surface area contributed by atoms with Crippen LogP contribution in [0.5, 0.6) is 11.5 Å².